The highest BCUT2D eigenvalue weighted by molar-refractivity contribution is 8.26. The Morgan fingerprint density at radius 2 is 1.05 bits per heavy atom. The van der Waals surface area contributed by atoms with E-state index in [1.54, 1.807) is 60.7 Å². The van der Waals surface area contributed by atoms with E-state index >= 15 is 0 Å². The Kier molecular flexibility index (Phi) is 7.54. The molecule has 4 aromatic carbocycles. The van der Waals surface area contributed by atoms with Crippen LogP contribution in [0.5, 0.6) is 11.5 Å². The molecule has 0 radical (unpaired) electrons. The lowest BCUT2D eigenvalue weighted by Gasteiger charge is -2.43. The van der Waals surface area contributed by atoms with E-state index in [0.717, 1.165) is 18.2 Å². The molecule has 0 bridgehead atoms. The van der Waals surface area contributed by atoms with Crippen LogP contribution in [-0.4, -0.2) is 44.3 Å². The average molecular weight is 549 g/mol. The van der Waals surface area contributed by atoms with Crippen molar-refractivity contribution in [2.45, 2.75) is 9.79 Å². The van der Waals surface area contributed by atoms with Crippen LogP contribution in [0.1, 0.15) is 41.4 Å². The van der Waals surface area contributed by atoms with Gasteiger partial charge in [-0.15, -0.1) is 0 Å². The Hall–Kier alpha value is -5.29. The van der Waals surface area contributed by atoms with E-state index in [9.17, 15) is 39.6 Å². The standard InChI is InChI=1S/C28H20O10S/c29-25(30)20-15-14-17(16-22(20)27(33)34)37-39(18-8-3-1-4-9-18,19-10-5-2-6-11-19)38-23-13-7-12-21(26(31)32)24(23)28(35)36/h1-16H,(H,29,30)(H,31,32)(H,33,34)(H,35,36). The molecule has 0 heterocycles. The van der Waals surface area contributed by atoms with Gasteiger partial charge in [-0.05, 0) is 54.6 Å². The summed E-state index contributed by atoms with van der Waals surface area (Å²) in [5, 5.41) is 38.6. The lowest BCUT2D eigenvalue weighted by Crippen LogP contribution is -2.19. The Morgan fingerprint density at radius 3 is 1.54 bits per heavy atom. The maximum atomic E-state index is 12.2. The van der Waals surface area contributed by atoms with E-state index in [0.29, 0.717) is 9.79 Å². The maximum absolute atomic E-state index is 12.2. The number of carboxylic acids is 4. The van der Waals surface area contributed by atoms with Crippen molar-refractivity contribution in [2.75, 3.05) is 0 Å². The second-order valence-corrected chi connectivity index (χ2v) is 10.2. The fourth-order valence-corrected chi connectivity index (χ4v) is 6.23. The van der Waals surface area contributed by atoms with Crippen LogP contribution in [0.15, 0.2) is 107 Å². The first kappa shape index (κ1) is 26.8. The summed E-state index contributed by atoms with van der Waals surface area (Å²) in [4.78, 5) is 48.3. The van der Waals surface area contributed by atoms with Crippen LogP contribution in [0, 0.1) is 0 Å². The van der Waals surface area contributed by atoms with Gasteiger partial charge in [0, 0.05) is 0 Å². The Labute approximate surface area is 223 Å². The molecule has 10 nitrogen and oxygen atoms in total. The van der Waals surface area contributed by atoms with Gasteiger partial charge in [-0.3, -0.25) is 0 Å². The van der Waals surface area contributed by atoms with Crippen LogP contribution in [0.3, 0.4) is 0 Å². The minimum Gasteiger partial charge on any atom is -0.478 e. The predicted molar refractivity (Wildman–Crippen MR) is 139 cm³/mol. The van der Waals surface area contributed by atoms with Gasteiger partial charge in [0.1, 0.15) is 5.56 Å². The zero-order valence-corrected chi connectivity index (χ0v) is 20.7. The van der Waals surface area contributed by atoms with E-state index in [-0.39, 0.29) is 11.5 Å². The van der Waals surface area contributed by atoms with Gasteiger partial charge in [0.15, 0.2) is 11.5 Å². The molecule has 198 valence electrons. The topological polar surface area (TPSA) is 168 Å². The first-order valence-electron chi connectivity index (χ1n) is 11.2. The van der Waals surface area contributed by atoms with E-state index in [2.05, 4.69) is 0 Å². The van der Waals surface area contributed by atoms with Crippen molar-refractivity contribution in [3.05, 3.63) is 119 Å². The number of aromatic carboxylic acids is 4. The molecular formula is C28H20O10S. The molecule has 0 aromatic heterocycles. The predicted octanol–water partition coefficient (Wildman–Crippen LogP) is 5.69. The fraction of sp³-hybridized carbons (Fsp3) is 0. The van der Waals surface area contributed by atoms with Crippen molar-refractivity contribution in [3.8, 4) is 11.5 Å². The molecule has 0 fully saturated rings. The minimum atomic E-state index is -3.23. The summed E-state index contributed by atoms with van der Waals surface area (Å²) in [5.74, 6) is -6.35. The van der Waals surface area contributed by atoms with E-state index in [4.69, 9.17) is 8.37 Å². The van der Waals surface area contributed by atoms with Gasteiger partial charge in [-0.1, -0.05) is 53.1 Å². The summed E-state index contributed by atoms with van der Waals surface area (Å²) >= 11 is 0. The molecule has 4 rings (SSSR count). The SMILES string of the molecule is O=C(O)c1ccc(OS(Oc2cccc(C(=O)O)c2C(=O)O)(c2ccccc2)c2ccccc2)cc1C(=O)O. The quantitative estimate of drug-likeness (QED) is 0.193. The summed E-state index contributed by atoms with van der Waals surface area (Å²) in [5.41, 5.74) is -2.11. The smallest absolute Gasteiger partial charge is 0.340 e. The molecule has 0 saturated heterocycles. The molecule has 11 heteroatoms. The molecule has 4 aromatic rings. The third-order valence-electron chi connectivity index (χ3n) is 5.45. The number of carbonyl (C=O) groups is 4. The average Bonchev–Trinajstić information content (AvgIpc) is 2.93. The molecule has 0 spiro atoms. The molecular weight excluding hydrogens is 528 g/mol. The lowest BCUT2D eigenvalue weighted by atomic mass is 10.1. The summed E-state index contributed by atoms with van der Waals surface area (Å²) in [6.45, 7) is 0. The number of rotatable bonds is 10. The van der Waals surface area contributed by atoms with Gasteiger partial charge in [0.05, 0.1) is 26.5 Å². The summed E-state index contributed by atoms with van der Waals surface area (Å²) < 4.78 is 12.8. The largest absolute Gasteiger partial charge is 0.478 e. The number of benzene rings is 4. The first-order chi connectivity index (χ1) is 18.6. The van der Waals surface area contributed by atoms with Crippen LogP contribution in [-0.2, 0) is 0 Å². The maximum Gasteiger partial charge on any atom is 0.340 e. The molecule has 0 aliphatic rings. The molecule has 39 heavy (non-hydrogen) atoms. The molecule has 0 saturated carbocycles. The molecule has 0 unspecified atom stereocenters. The zero-order valence-electron chi connectivity index (χ0n) is 19.9. The zero-order chi connectivity index (χ0) is 28.2. The second kappa shape index (κ2) is 11.0. The first-order valence-corrected chi connectivity index (χ1v) is 12.6. The number of carboxylic acid groups (broad SMARTS) is 4. The van der Waals surface area contributed by atoms with Gasteiger partial charge in [0.2, 0.25) is 0 Å². The third-order valence-corrected chi connectivity index (χ3v) is 8.08. The van der Waals surface area contributed by atoms with Gasteiger partial charge in [-0.25, -0.2) is 19.2 Å². The van der Waals surface area contributed by atoms with Crippen molar-refractivity contribution in [1.82, 2.24) is 0 Å². The van der Waals surface area contributed by atoms with E-state index in [1.807, 2.05) is 0 Å². The van der Waals surface area contributed by atoms with Crippen molar-refractivity contribution >= 4 is 34.5 Å². The third kappa shape index (κ3) is 5.38. The Morgan fingerprint density at radius 1 is 0.513 bits per heavy atom. The summed E-state index contributed by atoms with van der Waals surface area (Å²) in [6.07, 6.45) is 0. The highest BCUT2D eigenvalue weighted by atomic mass is 32.3. The van der Waals surface area contributed by atoms with Crippen molar-refractivity contribution in [3.63, 3.8) is 0 Å². The van der Waals surface area contributed by atoms with Crippen LogP contribution >= 0.6 is 10.6 Å². The van der Waals surface area contributed by atoms with Gasteiger partial charge >= 0.3 is 23.9 Å². The van der Waals surface area contributed by atoms with Gasteiger partial charge < -0.3 is 28.8 Å². The van der Waals surface area contributed by atoms with Crippen LogP contribution in [0.25, 0.3) is 0 Å². The van der Waals surface area contributed by atoms with E-state index < -0.39 is 56.7 Å². The normalized spacial score (nSPS) is 11.3. The van der Waals surface area contributed by atoms with Gasteiger partial charge in [0.25, 0.3) is 0 Å². The van der Waals surface area contributed by atoms with Crippen molar-refractivity contribution < 1.29 is 48.0 Å². The summed E-state index contributed by atoms with van der Waals surface area (Å²) in [6, 6.07) is 24.0. The fourth-order valence-electron chi connectivity index (χ4n) is 3.74. The van der Waals surface area contributed by atoms with Crippen molar-refractivity contribution in [1.29, 1.82) is 0 Å². The monoisotopic (exact) mass is 548 g/mol. The molecule has 0 aliphatic heterocycles. The van der Waals surface area contributed by atoms with Crippen LogP contribution in [0.2, 0.25) is 0 Å². The highest BCUT2D eigenvalue weighted by Gasteiger charge is 2.33. The number of hydrogen-bond donors (Lipinski definition) is 4. The summed E-state index contributed by atoms with van der Waals surface area (Å²) in [7, 11) is -3.23. The Bertz CT molecular complexity index is 1530. The Balaban J connectivity index is 2.01. The minimum absolute atomic E-state index is 0.0774. The molecule has 4 N–H and O–H groups in total. The molecule has 0 atom stereocenters. The van der Waals surface area contributed by atoms with Crippen LogP contribution < -0.4 is 8.37 Å². The highest BCUT2D eigenvalue weighted by Crippen LogP contribution is 2.63. The van der Waals surface area contributed by atoms with Crippen LogP contribution in [0.4, 0.5) is 0 Å². The molecule has 0 amide bonds. The second-order valence-electron chi connectivity index (χ2n) is 7.90. The lowest BCUT2D eigenvalue weighted by molar-refractivity contribution is 0.0649. The van der Waals surface area contributed by atoms with E-state index in [1.165, 1.54) is 18.2 Å². The number of hydrogen-bond acceptors (Lipinski definition) is 6. The van der Waals surface area contributed by atoms with Crippen molar-refractivity contribution in [2.24, 2.45) is 0 Å². The molecule has 0 aliphatic carbocycles. The van der Waals surface area contributed by atoms with Gasteiger partial charge in [-0.2, -0.15) is 0 Å².